The van der Waals surface area contributed by atoms with E-state index in [0.29, 0.717) is 6.04 Å². The van der Waals surface area contributed by atoms with E-state index in [1.54, 1.807) is 0 Å². The molecule has 1 atom stereocenters. The average molecular weight is 231 g/mol. The van der Waals surface area contributed by atoms with Crippen LogP contribution in [0.1, 0.15) is 54.8 Å². The van der Waals surface area contributed by atoms with Crippen molar-refractivity contribution in [3.63, 3.8) is 0 Å². The van der Waals surface area contributed by atoms with Crippen LogP contribution in [0, 0.1) is 19.8 Å². The second-order valence-electron chi connectivity index (χ2n) is 5.53. The monoisotopic (exact) mass is 231 g/mol. The van der Waals surface area contributed by atoms with E-state index in [-0.39, 0.29) is 0 Å². The van der Waals surface area contributed by atoms with Crippen LogP contribution >= 0.6 is 0 Å². The fourth-order valence-electron chi connectivity index (χ4n) is 3.34. The van der Waals surface area contributed by atoms with Crippen molar-refractivity contribution in [1.82, 2.24) is 5.32 Å². The molecule has 0 bridgehead atoms. The number of hydrogen-bond acceptors (Lipinski definition) is 1. The summed E-state index contributed by atoms with van der Waals surface area (Å²) in [5, 5.41) is 3.53. The molecule has 1 heteroatoms. The van der Waals surface area contributed by atoms with E-state index in [4.69, 9.17) is 0 Å². The number of nitrogens with one attached hydrogen (secondary N) is 1. The van der Waals surface area contributed by atoms with E-state index < -0.39 is 0 Å². The first-order chi connectivity index (χ1) is 8.22. The summed E-state index contributed by atoms with van der Waals surface area (Å²) in [6.45, 7) is 4.47. The molecule has 0 aliphatic heterocycles. The van der Waals surface area contributed by atoms with Crippen molar-refractivity contribution in [3.05, 3.63) is 34.9 Å². The van der Waals surface area contributed by atoms with Crippen LogP contribution in [-0.4, -0.2) is 7.05 Å². The Morgan fingerprint density at radius 1 is 1.18 bits per heavy atom. The molecule has 2 rings (SSSR count). The summed E-state index contributed by atoms with van der Waals surface area (Å²) in [7, 11) is 2.10. The van der Waals surface area contributed by atoms with Crippen LogP contribution < -0.4 is 5.32 Å². The summed E-state index contributed by atoms with van der Waals surface area (Å²) >= 11 is 0. The normalized spacial score (nSPS) is 18.5. The molecular formula is C16H25N. The van der Waals surface area contributed by atoms with Crippen molar-refractivity contribution < 1.29 is 0 Å². The third-order valence-corrected chi connectivity index (χ3v) is 4.28. The molecule has 0 radical (unpaired) electrons. The summed E-state index contributed by atoms with van der Waals surface area (Å²) in [6, 6.07) is 7.18. The first-order valence-electron chi connectivity index (χ1n) is 6.95. The van der Waals surface area contributed by atoms with Crippen molar-refractivity contribution in [2.75, 3.05) is 7.05 Å². The predicted molar refractivity (Wildman–Crippen MR) is 74.3 cm³/mol. The van der Waals surface area contributed by atoms with Crippen LogP contribution in [0.25, 0.3) is 0 Å². The van der Waals surface area contributed by atoms with Crippen LogP contribution in [0.3, 0.4) is 0 Å². The van der Waals surface area contributed by atoms with Gasteiger partial charge in [-0.3, -0.25) is 0 Å². The third-order valence-electron chi connectivity index (χ3n) is 4.28. The quantitative estimate of drug-likeness (QED) is 0.821. The zero-order valence-electron chi connectivity index (χ0n) is 11.4. The molecule has 0 aromatic heterocycles. The molecule has 1 saturated carbocycles. The Kier molecular flexibility index (Phi) is 4.22. The summed E-state index contributed by atoms with van der Waals surface area (Å²) in [6.07, 6.45) is 7.05. The van der Waals surface area contributed by atoms with E-state index >= 15 is 0 Å². The number of aryl methyl sites for hydroxylation is 2. The Morgan fingerprint density at radius 2 is 1.76 bits per heavy atom. The highest BCUT2D eigenvalue weighted by molar-refractivity contribution is 5.36. The molecule has 0 heterocycles. The van der Waals surface area contributed by atoms with Crippen molar-refractivity contribution in [2.24, 2.45) is 5.92 Å². The zero-order chi connectivity index (χ0) is 12.3. The lowest BCUT2D eigenvalue weighted by Crippen LogP contribution is -2.21. The fraction of sp³-hybridized carbons (Fsp3) is 0.625. The SMILES string of the molecule is CNC(CC1CCCC1)c1c(C)cccc1C. The van der Waals surface area contributed by atoms with Crippen molar-refractivity contribution in [3.8, 4) is 0 Å². The van der Waals surface area contributed by atoms with Gasteiger partial charge in [-0.15, -0.1) is 0 Å². The Hall–Kier alpha value is -0.820. The van der Waals surface area contributed by atoms with E-state index in [1.165, 1.54) is 48.8 Å². The second kappa shape index (κ2) is 5.68. The topological polar surface area (TPSA) is 12.0 Å². The Morgan fingerprint density at radius 3 is 2.29 bits per heavy atom. The smallest absolute Gasteiger partial charge is 0.0325 e. The maximum atomic E-state index is 3.53. The Labute approximate surface area is 106 Å². The van der Waals surface area contributed by atoms with Crippen molar-refractivity contribution >= 4 is 0 Å². The third kappa shape index (κ3) is 2.90. The first kappa shape index (κ1) is 12.6. The maximum absolute atomic E-state index is 3.53. The predicted octanol–water partition coefficient (Wildman–Crippen LogP) is 4.14. The van der Waals surface area contributed by atoms with E-state index in [0.717, 1.165) is 5.92 Å². The minimum Gasteiger partial charge on any atom is -0.313 e. The summed E-state index contributed by atoms with van der Waals surface area (Å²) in [4.78, 5) is 0. The van der Waals surface area contributed by atoms with Crippen LogP contribution in [0.2, 0.25) is 0 Å². The van der Waals surface area contributed by atoms with E-state index in [2.05, 4.69) is 44.4 Å². The Bertz CT molecular complexity index is 344. The second-order valence-corrected chi connectivity index (χ2v) is 5.53. The molecular weight excluding hydrogens is 206 g/mol. The van der Waals surface area contributed by atoms with Gasteiger partial charge in [0.15, 0.2) is 0 Å². The lowest BCUT2D eigenvalue weighted by Gasteiger charge is -2.24. The molecule has 17 heavy (non-hydrogen) atoms. The number of hydrogen-bond donors (Lipinski definition) is 1. The Balaban J connectivity index is 2.16. The summed E-state index contributed by atoms with van der Waals surface area (Å²) in [5.74, 6) is 0.937. The van der Waals surface area contributed by atoms with Gasteiger partial charge in [-0.05, 0) is 49.9 Å². The number of benzene rings is 1. The molecule has 1 aromatic carbocycles. The van der Waals surface area contributed by atoms with Crippen LogP contribution in [-0.2, 0) is 0 Å². The van der Waals surface area contributed by atoms with Gasteiger partial charge in [-0.2, -0.15) is 0 Å². The minimum absolute atomic E-state index is 0.541. The molecule has 1 N–H and O–H groups in total. The average Bonchev–Trinajstić information content (AvgIpc) is 2.80. The fourth-order valence-corrected chi connectivity index (χ4v) is 3.34. The van der Waals surface area contributed by atoms with Gasteiger partial charge in [0.1, 0.15) is 0 Å². The van der Waals surface area contributed by atoms with Gasteiger partial charge in [0.25, 0.3) is 0 Å². The van der Waals surface area contributed by atoms with Gasteiger partial charge in [-0.25, -0.2) is 0 Å². The molecule has 94 valence electrons. The maximum Gasteiger partial charge on any atom is 0.0325 e. The molecule has 1 nitrogen and oxygen atoms in total. The minimum atomic E-state index is 0.541. The zero-order valence-corrected chi connectivity index (χ0v) is 11.4. The number of rotatable bonds is 4. The summed E-state index contributed by atoms with van der Waals surface area (Å²) in [5.41, 5.74) is 4.39. The molecule has 1 unspecified atom stereocenters. The largest absolute Gasteiger partial charge is 0.313 e. The molecule has 0 amide bonds. The molecule has 1 aromatic rings. The van der Waals surface area contributed by atoms with Gasteiger partial charge in [0, 0.05) is 6.04 Å². The van der Waals surface area contributed by atoms with Gasteiger partial charge in [-0.1, -0.05) is 43.9 Å². The van der Waals surface area contributed by atoms with Gasteiger partial charge in [0.2, 0.25) is 0 Å². The first-order valence-corrected chi connectivity index (χ1v) is 6.95. The van der Waals surface area contributed by atoms with E-state index in [1.807, 2.05) is 0 Å². The molecule has 1 aliphatic rings. The molecule has 1 fully saturated rings. The van der Waals surface area contributed by atoms with Gasteiger partial charge < -0.3 is 5.32 Å². The highest BCUT2D eigenvalue weighted by Crippen LogP contribution is 2.34. The molecule has 1 aliphatic carbocycles. The lowest BCUT2D eigenvalue weighted by atomic mass is 9.89. The highest BCUT2D eigenvalue weighted by Gasteiger charge is 2.22. The van der Waals surface area contributed by atoms with Crippen molar-refractivity contribution in [2.45, 2.75) is 52.0 Å². The van der Waals surface area contributed by atoms with Crippen LogP contribution in [0.15, 0.2) is 18.2 Å². The summed E-state index contributed by atoms with van der Waals surface area (Å²) < 4.78 is 0. The van der Waals surface area contributed by atoms with Crippen LogP contribution in [0.5, 0.6) is 0 Å². The van der Waals surface area contributed by atoms with E-state index in [9.17, 15) is 0 Å². The standard InChI is InChI=1S/C16H25N/c1-12-7-6-8-13(2)16(12)15(17-3)11-14-9-4-5-10-14/h6-8,14-15,17H,4-5,9-11H2,1-3H3. The highest BCUT2D eigenvalue weighted by atomic mass is 14.9. The van der Waals surface area contributed by atoms with Crippen molar-refractivity contribution in [1.29, 1.82) is 0 Å². The van der Waals surface area contributed by atoms with Gasteiger partial charge in [0.05, 0.1) is 0 Å². The van der Waals surface area contributed by atoms with Crippen LogP contribution in [0.4, 0.5) is 0 Å². The molecule has 0 spiro atoms. The molecule has 0 saturated heterocycles. The van der Waals surface area contributed by atoms with Gasteiger partial charge >= 0.3 is 0 Å². The lowest BCUT2D eigenvalue weighted by molar-refractivity contribution is 0.411.